The molecule has 1 unspecified atom stereocenters. The predicted octanol–water partition coefficient (Wildman–Crippen LogP) is 2.64. The average Bonchev–Trinajstić information content (AvgIpc) is 3.23. The van der Waals surface area contributed by atoms with Gasteiger partial charge in [0.1, 0.15) is 23.7 Å². The van der Waals surface area contributed by atoms with Crippen LogP contribution in [0.3, 0.4) is 0 Å². The van der Waals surface area contributed by atoms with Crippen LogP contribution in [0.15, 0.2) is 12.7 Å². The number of nitrogens with one attached hydrogen (secondary N) is 1. The smallest absolute Gasteiger partial charge is 0.329 e. The van der Waals surface area contributed by atoms with Gasteiger partial charge in [-0.1, -0.05) is 6.92 Å². The molecule has 2 heterocycles. The van der Waals surface area contributed by atoms with Gasteiger partial charge in [-0.3, -0.25) is 14.4 Å². The van der Waals surface area contributed by atoms with Gasteiger partial charge >= 0.3 is 17.9 Å². The predicted molar refractivity (Wildman–Crippen MR) is 147 cm³/mol. The van der Waals surface area contributed by atoms with E-state index in [4.69, 9.17) is 24.7 Å². The Kier molecular flexibility index (Phi) is 11.6. The molecule has 2 aromatic rings. The number of rotatable bonds is 15. The summed E-state index contributed by atoms with van der Waals surface area (Å²) in [5.74, 6) is -2.60. The van der Waals surface area contributed by atoms with Crippen LogP contribution in [0.25, 0.3) is 11.2 Å². The molecule has 2 atom stereocenters. The minimum atomic E-state index is -4.25. The number of nitrogens with two attached hydrogens (primary N) is 1. The molecule has 15 heteroatoms. The highest BCUT2D eigenvalue weighted by Crippen LogP contribution is 2.50. The van der Waals surface area contributed by atoms with Crippen LogP contribution in [-0.2, 0) is 44.4 Å². The molecule has 0 amide bonds. The Morgan fingerprint density at radius 1 is 1.05 bits per heavy atom. The van der Waals surface area contributed by atoms with Crippen LogP contribution >= 0.6 is 7.29 Å². The Hall–Kier alpha value is -3.09. The standard InChI is InChI=1S/C25H41N6O8P/c1-9-10-36-24(34)25(7,8)30-40(35,19(22(32)38-15(2)3)23(33)39-16(4)5)14-37-17(6)11-31-13-29-18-20(26)27-12-28-21(18)31/h12-13,15-17,19H,9-11,14H2,1-8H3,(H,30,35)(H2,26,27,28)/t17-,40?/m1/s1. The molecule has 0 saturated carbocycles. The second-order valence-corrected chi connectivity index (χ2v) is 13.1. The summed E-state index contributed by atoms with van der Waals surface area (Å²) >= 11 is 0. The van der Waals surface area contributed by atoms with Crippen molar-refractivity contribution in [2.24, 2.45) is 0 Å². The zero-order valence-electron chi connectivity index (χ0n) is 24.4. The Morgan fingerprint density at radius 3 is 2.20 bits per heavy atom. The fourth-order valence-corrected chi connectivity index (χ4v) is 6.35. The average molecular weight is 585 g/mol. The number of imidazole rings is 1. The molecule has 0 radical (unpaired) electrons. The maximum absolute atomic E-state index is 14.6. The van der Waals surface area contributed by atoms with Crippen LogP contribution in [0.4, 0.5) is 5.82 Å². The number of esters is 3. The van der Waals surface area contributed by atoms with Crippen molar-refractivity contribution in [1.29, 1.82) is 0 Å². The summed E-state index contributed by atoms with van der Waals surface area (Å²) in [6.07, 6.45) is 0.968. The van der Waals surface area contributed by atoms with E-state index < -0.39 is 61.1 Å². The first kappa shape index (κ1) is 33.1. The number of hydrogen-bond donors (Lipinski definition) is 2. The lowest BCUT2D eigenvalue weighted by molar-refractivity contribution is -0.158. The van der Waals surface area contributed by atoms with Gasteiger partial charge in [0.15, 0.2) is 18.8 Å². The van der Waals surface area contributed by atoms with Crippen LogP contribution in [-0.4, -0.2) is 79.9 Å². The monoisotopic (exact) mass is 584 g/mol. The third-order valence-corrected chi connectivity index (χ3v) is 8.14. The maximum atomic E-state index is 14.6. The van der Waals surface area contributed by atoms with Crippen molar-refractivity contribution in [3.8, 4) is 0 Å². The number of aromatic nitrogens is 4. The molecule has 2 aromatic heterocycles. The number of fused-ring (bicyclic) bond motifs is 1. The molecule has 0 aromatic carbocycles. The Bertz CT molecular complexity index is 1210. The molecule has 0 bridgehead atoms. The van der Waals surface area contributed by atoms with Gasteiger partial charge in [-0.05, 0) is 54.9 Å². The molecular weight excluding hydrogens is 543 g/mol. The number of carbonyl (C=O) groups is 3. The first-order valence-corrected chi connectivity index (χ1v) is 15.1. The summed E-state index contributed by atoms with van der Waals surface area (Å²) < 4.78 is 38.1. The van der Waals surface area contributed by atoms with Crippen LogP contribution in [0, 0.1) is 0 Å². The molecule has 2 rings (SSSR count). The summed E-state index contributed by atoms with van der Waals surface area (Å²) in [6.45, 7) is 13.2. The normalized spacial score (nSPS) is 14.4. The molecule has 0 saturated heterocycles. The lowest BCUT2D eigenvalue weighted by atomic mass is 10.1. The number of ether oxygens (including phenoxy) is 4. The van der Waals surface area contributed by atoms with Gasteiger partial charge in [0.2, 0.25) is 5.66 Å². The van der Waals surface area contributed by atoms with Gasteiger partial charge in [0.05, 0.1) is 37.8 Å². The molecule has 0 fully saturated rings. The number of anilines is 1. The van der Waals surface area contributed by atoms with Gasteiger partial charge in [-0.2, -0.15) is 0 Å². The molecule has 3 N–H and O–H groups in total. The third-order valence-electron chi connectivity index (χ3n) is 5.42. The number of nitrogens with zero attached hydrogens (tertiary/aromatic N) is 4. The highest BCUT2D eigenvalue weighted by atomic mass is 31.2. The van der Waals surface area contributed by atoms with E-state index in [1.807, 2.05) is 6.92 Å². The molecule has 224 valence electrons. The molecule has 0 spiro atoms. The number of carbonyl (C=O) groups excluding carboxylic acids is 3. The molecular formula is C25H41N6O8P. The highest BCUT2D eigenvalue weighted by molar-refractivity contribution is 7.64. The second-order valence-electron chi connectivity index (χ2n) is 10.5. The van der Waals surface area contributed by atoms with E-state index in [1.165, 1.54) is 26.5 Å². The minimum absolute atomic E-state index is 0.142. The summed E-state index contributed by atoms with van der Waals surface area (Å²) in [7, 11) is -4.25. The third kappa shape index (κ3) is 8.70. The summed E-state index contributed by atoms with van der Waals surface area (Å²) in [5.41, 5.74) is 3.30. The van der Waals surface area contributed by atoms with Gasteiger partial charge in [-0.15, -0.1) is 0 Å². The second kappa shape index (κ2) is 14.0. The van der Waals surface area contributed by atoms with Gasteiger partial charge in [0, 0.05) is 0 Å². The number of hydrogen-bond acceptors (Lipinski definition) is 12. The zero-order chi connectivity index (χ0) is 30.3. The van der Waals surface area contributed by atoms with Crippen molar-refractivity contribution in [2.45, 2.75) is 97.9 Å². The van der Waals surface area contributed by atoms with Gasteiger partial charge in [0.25, 0.3) is 0 Å². The summed E-state index contributed by atoms with van der Waals surface area (Å²) in [6, 6.07) is 0. The van der Waals surface area contributed by atoms with E-state index in [1.54, 1.807) is 39.2 Å². The van der Waals surface area contributed by atoms with Crippen LogP contribution in [0.2, 0.25) is 0 Å². The fourth-order valence-electron chi connectivity index (χ4n) is 3.70. The molecule has 0 aliphatic rings. The lowest BCUT2D eigenvalue weighted by Gasteiger charge is -2.34. The van der Waals surface area contributed by atoms with Crippen molar-refractivity contribution >= 4 is 42.2 Å². The van der Waals surface area contributed by atoms with Gasteiger partial charge < -0.3 is 33.8 Å². The summed E-state index contributed by atoms with van der Waals surface area (Å²) in [4.78, 5) is 51.5. The highest BCUT2D eigenvalue weighted by Gasteiger charge is 2.51. The van der Waals surface area contributed by atoms with E-state index in [9.17, 15) is 18.9 Å². The van der Waals surface area contributed by atoms with Crippen molar-refractivity contribution < 1.29 is 37.9 Å². The maximum Gasteiger partial charge on any atom is 0.329 e. The topological polar surface area (TPSA) is 187 Å². The first-order chi connectivity index (χ1) is 18.6. The largest absolute Gasteiger partial charge is 0.464 e. The van der Waals surface area contributed by atoms with E-state index in [0.29, 0.717) is 17.6 Å². The van der Waals surface area contributed by atoms with E-state index in [0.717, 1.165) is 0 Å². The van der Waals surface area contributed by atoms with E-state index >= 15 is 0 Å². The SMILES string of the molecule is CCCOC(=O)C(C)(C)NP(=O)(CO[C@H](C)Cn1cnc2c(N)ncnc21)C(C(=O)OC(C)C)C(=O)OC(C)C. The Balaban J connectivity index is 2.41. The van der Waals surface area contributed by atoms with Crippen molar-refractivity contribution in [1.82, 2.24) is 24.6 Å². The number of nitrogen functional groups attached to an aromatic ring is 1. The molecule has 0 aliphatic heterocycles. The molecule has 40 heavy (non-hydrogen) atoms. The Labute approximate surface area is 234 Å². The van der Waals surface area contributed by atoms with Crippen molar-refractivity contribution in [3.05, 3.63) is 12.7 Å². The zero-order valence-corrected chi connectivity index (χ0v) is 25.3. The van der Waals surface area contributed by atoms with Gasteiger partial charge in [-0.25, -0.2) is 20.0 Å². The quantitative estimate of drug-likeness (QED) is 0.135. The van der Waals surface area contributed by atoms with Crippen LogP contribution in [0.5, 0.6) is 0 Å². The summed E-state index contributed by atoms with van der Waals surface area (Å²) in [5, 5.41) is 2.74. The van der Waals surface area contributed by atoms with Crippen molar-refractivity contribution in [2.75, 3.05) is 18.7 Å². The lowest BCUT2D eigenvalue weighted by Crippen LogP contribution is -2.51. The minimum Gasteiger partial charge on any atom is -0.464 e. The fraction of sp³-hybridized carbons (Fsp3) is 0.680. The van der Waals surface area contributed by atoms with E-state index in [2.05, 4.69) is 20.0 Å². The van der Waals surface area contributed by atoms with Crippen LogP contribution < -0.4 is 10.8 Å². The first-order valence-electron chi connectivity index (χ1n) is 13.1. The molecule has 0 aliphatic carbocycles. The van der Waals surface area contributed by atoms with Crippen molar-refractivity contribution in [3.63, 3.8) is 0 Å². The molecule has 14 nitrogen and oxygen atoms in total. The van der Waals surface area contributed by atoms with Crippen LogP contribution in [0.1, 0.15) is 61.8 Å². The Morgan fingerprint density at radius 2 is 1.65 bits per heavy atom. The van der Waals surface area contributed by atoms with E-state index in [-0.39, 0.29) is 19.0 Å².